The molecular weight excluding hydrogens is 841 g/mol. The maximum atomic E-state index is 5.60. The van der Waals surface area contributed by atoms with Gasteiger partial charge in [0, 0.05) is 56.4 Å². The van der Waals surface area contributed by atoms with Crippen molar-refractivity contribution in [1.82, 2.24) is 9.97 Å². The highest BCUT2D eigenvalue weighted by Gasteiger charge is 2.21. The van der Waals surface area contributed by atoms with Gasteiger partial charge in [-0.25, -0.2) is 9.97 Å². The molecule has 1 aromatic heterocycles. The summed E-state index contributed by atoms with van der Waals surface area (Å²) in [5.74, 6) is 3.17. The first-order valence-corrected chi connectivity index (χ1v) is 22.3. The maximum absolute atomic E-state index is 5.60. The minimum absolute atomic E-state index is 0.792. The average Bonchev–Trinajstić information content (AvgIpc) is 3.42. The van der Waals surface area contributed by atoms with Crippen LogP contribution in [0, 0.1) is 0 Å². The van der Waals surface area contributed by atoms with Crippen LogP contribution in [0.1, 0.15) is 0 Å². The highest BCUT2D eigenvalue weighted by Crippen LogP contribution is 2.43. The summed E-state index contributed by atoms with van der Waals surface area (Å²) in [5.41, 5.74) is 15.1. The zero-order valence-electron chi connectivity index (χ0n) is 38.2. The molecule has 0 bridgehead atoms. The zero-order valence-corrected chi connectivity index (χ0v) is 38.2. The van der Waals surface area contributed by atoms with Gasteiger partial charge < -0.3 is 28.7 Å². The summed E-state index contributed by atoms with van der Waals surface area (Å²) in [6, 6.07) is 74.7. The van der Waals surface area contributed by atoms with Crippen molar-refractivity contribution in [3.63, 3.8) is 0 Å². The number of aromatic nitrogens is 2. The van der Waals surface area contributed by atoms with Crippen LogP contribution in [0.15, 0.2) is 218 Å². The van der Waals surface area contributed by atoms with Crippen LogP contribution < -0.4 is 28.7 Å². The van der Waals surface area contributed by atoms with Crippen molar-refractivity contribution in [2.45, 2.75) is 0 Å². The summed E-state index contributed by atoms with van der Waals surface area (Å²) in [6.45, 7) is 0. The third-order valence-corrected chi connectivity index (χ3v) is 12.1. The van der Waals surface area contributed by atoms with Crippen LogP contribution in [0.25, 0.3) is 55.8 Å². The Bertz CT molecular complexity index is 2960. The van der Waals surface area contributed by atoms with Gasteiger partial charge in [-0.1, -0.05) is 97.1 Å². The molecule has 0 saturated carbocycles. The molecule has 68 heavy (non-hydrogen) atoms. The number of methoxy groups -OCH3 is 4. The number of hydrogen-bond acceptors (Lipinski definition) is 8. The Labute approximate surface area is 396 Å². The minimum atomic E-state index is 0.792. The van der Waals surface area contributed by atoms with Crippen LogP contribution in [0.2, 0.25) is 0 Å². The summed E-state index contributed by atoms with van der Waals surface area (Å²) in [6.07, 6.45) is 0. The molecule has 332 valence electrons. The second-order valence-corrected chi connectivity index (χ2v) is 16.1. The molecule has 9 aromatic carbocycles. The molecule has 10 rings (SSSR count). The smallest absolute Gasteiger partial charge is 0.119 e. The molecule has 1 heterocycles. The highest BCUT2D eigenvalue weighted by atomic mass is 16.5. The Morgan fingerprint density at radius 1 is 0.265 bits per heavy atom. The molecule has 0 aliphatic rings. The lowest BCUT2D eigenvalue weighted by atomic mass is 9.95. The van der Waals surface area contributed by atoms with E-state index in [9.17, 15) is 0 Å². The predicted molar refractivity (Wildman–Crippen MR) is 277 cm³/mol. The average molecular weight is 889 g/mol. The van der Waals surface area contributed by atoms with E-state index in [-0.39, 0.29) is 0 Å². The van der Waals surface area contributed by atoms with Crippen LogP contribution in [0.4, 0.5) is 34.1 Å². The fourth-order valence-corrected chi connectivity index (χ4v) is 8.60. The third kappa shape index (κ3) is 8.66. The summed E-state index contributed by atoms with van der Waals surface area (Å²) < 4.78 is 22.0. The lowest BCUT2D eigenvalue weighted by molar-refractivity contribution is 0.414. The second kappa shape index (κ2) is 19.3. The lowest BCUT2D eigenvalue weighted by Gasteiger charge is -2.26. The fraction of sp³-hybridized carbons (Fsp3) is 0.0667. The first kappa shape index (κ1) is 43.0. The standard InChI is InChI=1S/C60H48N4O4/c1-65-51-31-23-47(24-32-51)63(48-25-33-52(66-2)34-26-48)45-19-15-41(16-20-45)55-39-40-56(60-59(55)61-57(43-11-7-5-8-12-43)58(62-60)44-13-9-6-10-14-44)42-17-21-46(22-18-42)64(49-27-35-53(67-3)36-28-49)50-29-37-54(68-4)38-30-50/h5-40H,1-4H3. The van der Waals surface area contributed by atoms with E-state index >= 15 is 0 Å². The Morgan fingerprint density at radius 3 is 0.765 bits per heavy atom. The predicted octanol–water partition coefficient (Wildman–Crippen LogP) is 15.3. The van der Waals surface area contributed by atoms with Gasteiger partial charge in [-0.2, -0.15) is 0 Å². The summed E-state index contributed by atoms with van der Waals surface area (Å²) in [7, 11) is 6.72. The van der Waals surface area contributed by atoms with Crippen molar-refractivity contribution < 1.29 is 18.9 Å². The molecule has 0 aliphatic carbocycles. The van der Waals surface area contributed by atoms with E-state index in [0.717, 1.165) is 113 Å². The van der Waals surface area contributed by atoms with Crippen molar-refractivity contribution in [2.24, 2.45) is 0 Å². The van der Waals surface area contributed by atoms with E-state index in [0.29, 0.717) is 0 Å². The van der Waals surface area contributed by atoms with E-state index in [1.54, 1.807) is 28.4 Å². The van der Waals surface area contributed by atoms with Crippen molar-refractivity contribution in [3.05, 3.63) is 218 Å². The van der Waals surface area contributed by atoms with Gasteiger partial charge in [-0.05, 0) is 132 Å². The Hall–Kier alpha value is -8.88. The van der Waals surface area contributed by atoms with E-state index < -0.39 is 0 Å². The van der Waals surface area contributed by atoms with Crippen LogP contribution in [-0.2, 0) is 0 Å². The fourth-order valence-electron chi connectivity index (χ4n) is 8.60. The molecule has 0 radical (unpaired) electrons. The summed E-state index contributed by atoms with van der Waals surface area (Å²) in [5, 5.41) is 0. The molecule has 0 atom stereocenters. The van der Waals surface area contributed by atoms with Gasteiger partial charge in [-0.3, -0.25) is 0 Å². The number of nitrogens with zero attached hydrogens (tertiary/aromatic N) is 4. The van der Waals surface area contributed by atoms with Gasteiger partial charge in [0.15, 0.2) is 0 Å². The van der Waals surface area contributed by atoms with E-state index in [2.05, 4.69) is 143 Å². The zero-order chi connectivity index (χ0) is 46.4. The van der Waals surface area contributed by atoms with Crippen molar-refractivity contribution >= 4 is 45.2 Å². The normalized spacial score (nSPS) is 10.9. The van der Waals surface area contributed by atoms with Crippen LogP contribution in [0.5, 0.6) is 23.0 Å². The molecule has 0 aliphatic heterocycles. The SMILES string of the molecule is COc1ccc(N(c2ccc(OC)cc2)c2ccc(-c3ccc(-c4ccc(N(c5ccc(OC)cc5)c5ccc(OC)cc5)cc4)c4nc(-c5ccccc5)c(-c5ccccc5)nc34)cc2)cc1. The van der Waals surface area contributed by atoms with Crippen molar-refractivity contribution in [2.75, 3.05) is 38.2 Å². The van der Waals surface area contributed by atoms with E-state index in [4.69, 9.17) is 28.9 Å². The van der Waals surface area contributed by atoms with Crippen molar-refractivity contribution in [1.29, 1.82) is 0 Å². The molecule has 8 heteroatoms. The Balaban J connectivity index is 1.11. The second-order valence-electron chi connectivity index (χ2n) is 16.1. The van der Waals surface area contributed by atoms with Crippen molar-refractivity contribution in [3.8, 4) is 67.8 Å². The summed E-state index contributed by atoms with van der Waals surface area (Å²) >= 11 is 0. The van der Waals surface area contributed by atoms with Gasteiger partial charge in [0.1, 0.15) is 23.0 Å². The van der Waals surface area contributed by atoms with Gasteiger partial charge in [0.25, 0.3) is 0 Å². The third-order valence-electron chi connectivity index (χ3n) is 12.1. The lowest BCUT2D eigenvalue weighted by Crippen LogP contribution is -2.10. The first-order chi connectivity index (χ1) is 33.5. The number of fused-ring (bicyclic) bond motifs is 1. The van der Waals surface area contributed by atoms with Gasteiger partial charge in [0.2, 0.25) is 0 Å². The van der Waals surface area contributed by atoms with Crippen LogP contribution in [-0.4, -0.2) is 38.4 Å². The molecule has 0 fully saturated rings. The van der Waals surface area contributed by atoms with Crippen LogP contribution in [0.3, 0.4) is 0 Å². The van der Waals surface area contributed by atoms with Gasteiger partial charge >= 0.3 is 0 Å². The molecule has 8 nitrogen and oxygen atoms in total. The highest BCUT2D eigenvalue weighted by molar-refractivity contribution is 6.03. The molecule has 10 aromatic rings. The number of benzene rings is 9. The molecule has 0 spiro atoms. The number of rotatable bonds is 14. The maximum Gasteiger partial charge on any atom is 0.119 e. The molecule has 0 unspecified atom stereocenters. The monoisotopic (exact) mass is 888 g/mol. The Kier molecular flexibility index (Phi) is 12.2. The summed E-state index contributed by atoms with van der Waals surface area (Å²) in [4.78, 5) is 15.6. The van der Waals surface area contributed by atoms with E-state index in [1.807, 2.05) is 84.9 Å². The largest absolute Gasteiger partial charge is 0.497 e. The van der Waals surface area contributed by atoms with Gasteiger partial charge in [0.05, 0.1) is 50.9 Å². The molecule has 0 saturated heterocycles. The molecule has 0 amide bonds. The quantitative estimate of drug-likeness (QED) is 0.107. The topological polar surface area (TPSA) is 69.2 Å². The minimum Gasteiger partial charge on any atom is -0.497 e. The Morgan fingerprint density at radius 2 is 0.515 bits per heavy atom. The molecule has 0 N–H and O–H groups in total. The number of ether oxygens (including phenoxy) is 4. The first-order valence-electron chi connectivity index (χ1n) is 22.3. The van der Waals surface area contributed by atoms with E-state index in [1.165, 1.54) is 0 Å². The number of hydrogen-bond donors (Lipinski definition) is 0. The van der Waals surface area contributed by atoms with Crippen LogP contribution >= 0.6 is 0 Å². The number of anilines is 6. The molecular formula is C60H48N4O4. The van der Waals surface area contributed by atoms with Gasteiger partial charge in [-0.15, -0.1) is 0 Å².